The van der Waals surface area contributed by atoms with Gasteiger partial charge in [0.15, 0.2) is 5.58 Å². The van der Waals surface area contributed by atoms with Gasteiger partial charge in [-0.15, -0.1) is 0 Å². The highest BCUT2D eigenvalue weighted by atomic mass is 35.5. The molecule has 3 aromatic rings. The maximum Gasteiger partial charge on any atom is 0.169 e. The van der Waals surface area contributed by atoms with E-state index in [1.165, 1.54) is 0 Å². The molecule has 0 fully saturated rings. The quantitative estimate of drug-likeness (QED) is 0.664. The van der Waals surface area contributed by atoms with E-state index in [2.05, 4.69) is 5.16 Å². The maximum absolute atomic E-state index is 6.14. The predicted molar refractivity (Wildman–Crippen MR) is 68.9 cm³/mol. The minimum atomic E-state index is 0.652. The molecular formula is C13H9ClN2O. The molecule has 0 aliphatic rings. The summed E-state index contributed by atoms with van der Waals surface area (Å²) in [5.41, 5.74) is 8.61. The molecule has 0 saturated carbocycles. The zero-order chi connectivity index (χ0) is 11.8. The van der Waals surface area contributed by atoms with Crippen LogP contribution >= 0.6 is 11.6 Å². The van der Waals surface area contributed by atoms with Gasteiger partial charge in [0, 0.05) is 22.7 Å². The molecule has 0 atom stereocenters. The molecule has 3 rings (SSSR count). The summed E-state index contributed by atoms with van der Waals surface area (Å²) in [6.07, 6.45) is 0. The molecule has 1 aromatic heterocycles. The molecule has 17 heavy (non-hydrogen) atoms. The molecule has 0 bridgehead atoms. The Labute approximate surface area is 103 Å². The Bertz CT molecular complexity index is 691. The van der Waals surface area contributed by atoms with Gasteiger partial charge in [0.1, 0.15) is 5.69 Å². The number of aromatic nitrogens is 1. The van der Waals surface area contributed by atoms with Crippen LogP contribution in [0.4, 0.5) is 5.69 Å². The van der Waals surface area contributed by atoms with E-state index in [1.54, 1.807) is 6.07 Å². The van der Waals surface area contributed by atoms with E-state index in [4.69, 9.17) is 21.9 Å². The fourth-order valence-corrected chi connectivity index (χ4v) is 2.03. The number of fused-ring (bicyclic) bond motifs is 1. The Balaban J connectivity index is 2.29. The molecule has 0 aliphatic carbocycles. The molecule has 84 valence electrons. The molecule has 0 amide bonds. The lowest BCUT2D eigenvalue weighted by Crippen LogP contribution is -1.83. The largest absolute Gasteiger partial charge is 0.399 e. The normalized spacial score (nSPS) is 10.9. The fourth-order valence-electron chi connectivity index (χ4n) is 1.80. The zero-order valence-corrected chi connectivity index (χ0v) is 9.61. The van der Waals surface area contributed by atoms with Gasteiger partial charge in [-0.3, -0.25) is 0 Å². The third-order valence-electron chi connectivity index (χ3n) is 2.63. The van der Waals surface area contributed by atoms with E-state index < -0.39 is 0 Å². The predicted octanol–water partition coefficient (Wildman–Crippen LogP) is 3.73. The molecule has 1 heterocycles. The van der Waals surface area contributed by atoms with E-state index in [-0.39, 0.29) is 0 Å². The van der Waals surface area contributed by atoms with Gasteiger partial charge in [0.2, 0.25) is 0 Å². The van der Waals surface area contributed by atoms with Crippen molar-refractivity contribution in [3.05, 3.63) is 47.5 Å². The molecule has 2 aromatic carbocycles. The number of hydrogen-bond donors (Lipinski definition) is 1. The van der Waals surface area contributed by atoms with Crippen molar-refractivity contribution in [2.45, 2.75) is 0 Å². The van der Waals surface area contributed by atoms with Crippen molar-refractivity contribution in [2.75, 3.05) is 5.73 Å². The second kappa shape index (κ2) is 3.79. The lowest BCUT2D eigenvalue weighted by molar-refractivity contribution is 0.459. The molecular weight excluding hydrogens is 236 g/mol. The summed E-state index contributed by atoms with van der Waals surface area (Å²) >= 11 is 6.14. The molecule has 0 spiro atoms. The second-order valence-corrected chi connectivity index (χ2v) is 4.17. The maximum atomic E-state index is 6.14. The third kappa shape index (κ3) is 1.65. The van der Waals surface area contributed by atoms with Crippen molar-refractivity contribution in [3.8, 4) is 11.3 Å². The van der Waals surface area contributed by atoms with E-state index in [1.807, 2.05) is 36.4 Å². The summed E-state index contributed by atoms with van der Waals surface area (Å²) in [6, 6.07) is 13.0. The van der Waals surface area contributed by atoms with Crippen molar-refractivity contribution < 1.29 is 4.52 Å². The number of halogens is 1. The number of hydrogen-bond acceptors (Lipinski definition) is 3. The van der Waals surface area contributed by atoms with E-state index in [0.29, 0.717) is 16.3 Å². The van der Waals surface area contributed by atoms with Gasteiger partial charge in [-0.25, -0.2) is 0 Å². The SMILES string of the molecule is Nc1ccc2c(-c3ccccc3Cl)noc2c1. The van der Waals surface area contributed by atoms with Gasteiger partial charge >= 0.3 is 0 Å². The van der Waals surface area contributed by atoms with Crippen LogP contribution < -0.4 is 5.73 Å². The van der Waals surface area contributed by atoms with Crippen LogP contribution in [0.2, 0.25) is 5.02 Å². The van der Waals surface area contributed by atoms with Crippen LogP contribution in [0, 0.1) is 0 Å². The summed E-state index contributed by atoms with van der Waals surface area (Å²) < 4.78 is 5.25. The van der Waals surface area contributed by atoms with Crippen LogP contribution in [0.1, 0.15) is 0 Å². The van der Waals surface area contributed by atoms with Crippen LogP contribution in [0.3, 0.4) is 0 Å². The van der Waals surface area contributed by atoms with Gasteiger partial charge in [0.25, 0.3) is 0 Å². The Morgan fingerprint density at radius 1 is 1.12 bits per heavy atom. The van der Waals surface area contributed by atoms with Crippen molar-refractivity contribution in [1.82, 2.24) is 5.16 Å². The smallest absolute Gasteiger partial charge is 0.169 e. The van der Waals surface area contributed by atoms with Crippen molar-refractivity contribution >= 4 is 28.3 Å². The second-order valence-electron chi connectivity index (χ2n) is 3.77. The number of benzene rings is 2. The van der Waals surface area contributed by atoms with Crippen LogP contribution in [0.5, 0.6) is 0 Å². The van der Waals surface area contributed by atoms with Crippen molar-refractivity contribution in [2.24, 2.45) is 0 Å². The Morgan fingerprint density at radius 2 is 1.94 bits per heavy atom. The number of rotatable bonds is 1. The average Bonchev–Trinajstić information content (AvgIpc) is 2.72. The first-order valence-electron chi connectivity index (χ1n) is 5.15. The Morgan fingerprint density at radius 3 is 2.76 bits per heavy atom. The first kappa shape index (κ1) is 10.2. The topological polar surface area (TPSA) is 52.0 Å². The highest BCUT2D eigenvalue weighted by Crippen LogP contribution is 2.33. The van der Waals surface area contributed by atoms with E-state index in [9.17, 15) is 0 Å². The minimum Gasteiger partial charge on any atom is -0.399 e. The number of nitrogens with zero attached hydrogens (tertiary/aromatic N) is 1. The molecule has 2 N–H and O–H groups in total. The first-order valence-corrected chi connectivity index (χ1v) is 5.53. The van der Waals surface area contributed by atoms with Crippen LogP contribution in [0.25, 0.3) is 22.2 Å². The lowest BCUT2D eigenvalue weighted by Gasteiger charge is -1.99. The van der Waals surface area contributed by atoms with Gasteiger partial charge < -0.3 is 10.3 Å². The standard InChI is InChI=1S/C13H9ClN2O/c14-11-4-2-1-3-9(11)13-10-6-5-8(15)7-12(10)17-16-13/h1-7H,15H2. The van der Waals surface area contributed by atoms with Gasteiger partial charge in [0.05, 0.1) is 5.02 Å². The average molecular weight is 245 g/mol. The zero-order valence-electron chi connectivity index (χ0n) is 8.85. The monoisotopic (exact) mass is 244 g/mol. The molecule has 3 nitrogen and oxygen atoms in total. The Hall–Kier alpha value is -2.00. The van der Waals surface area contributed by atoms with Gasteiger partial charge in [-0.05, 0) is 18.2 Å². The van der Waals surface area contributed by atoms with Gasteiger partial charge in [-0.1, -0.05) is 35.0 Å². The summed E-state index contributed by atoms with van der Waals surface area (Å²) in [6.45, 7) is 0. The summed E-state index contributed by atoms with van der Waals surface area (Å²) in [7, 11) is 0. The summed E-state index contributed by atoms with van der Waals surface area (Å²) in [5.74, 6) is 0. The van der Waals surface area contributed by atoms with Crippen molar-refractivity contribution in [3.63, 3.8) is 0 Å². The number of anilines is 1. The minimum absolute atomic E-state index is 0.652. The molecule has 0 aliphatic heterocycles. The summed E-state index contributed by atoms with van der Waals surface area (Å²) in [5, 5.41) is 5.61. The highest BCUT2D eigenvalue weighted by molar-refractivity contribution is 6.33. The molecule has 0 radical (unpaired) electrons. The highest BCUT2D eigenvalue weighted by Gasteiger charge is 2.12. The van der Waals surface area contributed by atoms with E-state index in [0.717, 1.165) is 16.6 Å². The number of nitrogens with two attached hydrogens (primary N) is 1. The van der Waals surface area contributed by atoms with Crippen LogP contribution in [0.15, 0.2) is 47.0 Å². The molecule has 4 heteroatoms. The Kier molecular flexibility index (Phi) is 2.27. The molecule has 0 saturated heterocycles. The van der Waals surface area contributed by atoms with Crippen LogP contribution in [-0.4, -0.2) is 5.16 Å². The van der Waals surface area contributed by atoms with Gasteiger partial charge in [-0.2, -0.15) is 0 Å². The summed E-state index contributed by atoms with van der Waals surface area (Å²) in [4.78, 5) is 0. The third-order valence-corrected chi connectivity index (χ3v) is 2.95. The lowest BCUT2D eigenvalue weighted by atomic mass is 10.1. The number of nitrogen functional groups attached to an aromatic ring is 1. The van der Waals surface area contributed by atoms with Crippen molar-refractivity contribution in [1.29, 1.82) is 0 Å². The fraction of sp³-hybridized carbons (Fsp3) is 0. The van der Waals surface area contributed by atoms with E-state index >= 15 is 0 Å². The first-order chi connectivity index (χ1) is 8.25. The van der Waals surface area contributed by atoms with Crippen LogP contribution in [-0.2, 0) is 0 Å². The molecule has 0 unspecified atom stereocenters.